The summed E-state index contributed by atoms with van der Waals surface area (Å²) >= 11 is 0. The van der Waals surface area contributed by atoms with Crippen LogP contribution < -0.4 is 0 Å². The van der Waals surface area contributed by atoms with E-state index in [0.29, 0.717) is 0 Å². The molecule has 0 unspecified atom stereocenters. The summed E-state index contributed by atoms with van der Waals surface area (Å²) in [6.45, 7) is 0. The summed E-state index contributed by atoms with van der Waals surface area (Å²) in [5, 5.41) is 29.5. The summed E-state index contributed by atoms with van der Waals surface area (Å²) in [5.41, 5.74) is 0. The molecule has 0 aliphatic heterocycles. The van der Waals surface area contributed by atoms with Gasteiger partial charge in [-0.15, -0.1) is 0 Å². The van der Waals surface area contributed by atoms with E-state index in [1.54, 1.807) is 0 Å². The van der Waals surface area contributed by atoms with Gasteiger partial charge in [0.2, 0.25) is 0 Å². The van der Waals surface area contributed by atoms with Crippen molar-refractivity contribution < 1.29 is 37.6 Å². The van der Waals surface area contributed by atoms with E-state index < -0.39 is 10.2 Å². The topological polar surface area (TPSA) is 290 Å². The Bertz CT molecular complexity index is 71.3. The third-order valence-electron chi connectivity index (χ3n) is 0. The zero-order valence-electron chi connectivity index (χ0n) is 6.42. The monoisotopic (exact) mass is 329 g/mol. The standard InChI is InChI=1S/In.2NO3.5H2O/c;2*2-1(3)4;;;;;/h;;;5*1H2/q;2*-1;;;;;. The Morgan fingerprint density at radius 1 is 0.571 bits per heavy atom. The van der Waals surface area contributed by atoms with Gasteiger partial charge >= 0.3 is 0 Å². The van der Waals surface area contributed by atoms with Crippen molar-refractivity contribution in [2.24, 2.45) is 0 Å². The van der Waals surface area contributed by atoms with Gasteiger partial charge in [-0.2, -0.15) is 0 Å². The SMILES string of the molecule is O.O.O.O.O.O=[N+]([O-])[O-].O=[N+]([O-])[O-].[In]. The summed E-state index contributed by atoms with van der Waals surface area (Å²) < 4.78 is 0. The van der Waals surface area contributed by atoms with E-state index in [9.17, 15) is 0 Å². The van der Waals surface area contributed by atoms with E-state index in [1.165, 1.54) is 0 Å². The third kappa shape index (κ3) is 1300. The predicted octanol–water partition coefficient (Wildman–Crippen LogP) is -4.98. The minimum absolute atomic E-state index is 0. The van der Waals surface area contributed by atoms with Crippen molar-refractivity contribution in [2.45, 2.75) is 0 Å². The van der Waals surface area contributed by atoms with Crippen LogP contribution in [0, 0.1) is 30.6 Å². The molecule has 0 fully saturated rings. The molecule has 0 aliphatic carbocycles. The molecule has 0 saturated heterocycles. The van der Waals surface area contributed by atoms with Crippen LogP contribution in [-0.2, 0) is 0 Å². The molecule has 0 rings (SSSR count). The molecule has 0 saturated carbocycles. The Labute approximate surface area is 94.5 Å². The van der Waals surface area contributed by atoms with Gasteiger partial charge in [-0.3, -0.25) is 0 Å². The van der Waals surface area contributed by atoms with Crippen molar-refractivity contribution in [3.05, 3.63) is 30.6 Å². The molecule has 14 heavy (non-hydrogen) atoms. The van der Waals surface area contributed by atoms with Crippen LogP contribution in [0.1, 0.15) is 0 Å². The Hall–Kier alpha value is -0.930. The number of hydrogen-bond acceptors (Lipinski definition) is 6. The second-order valence-electron chi connectivity index (χ2n) is 0.447. The van der Waals surface area contributed by atoms with Gasteiger partial charge in [-0.25, -0.2) is 0 Å². The fourth-order valence-corrected chi connectivity index (χ4v) is 0. The van der Waals surface area contributed by atoms with Gasteiger partial charge in [0.1, 0.15) is 0 Å². The normalized spacial score (nSPS) is 3.43. The van der Waals surface area contributed by atoms with Crippen molar-refractivity contribution in [2.75, 3.05) is 0 Å². The molecule has 14 heteroatoms. The fourth-order valence-electron chi connectivity index (χ4n) is 0. The maximum Gasteiger partial charge on any atom is 0.0689 e. The Morgan fingerprint density at radius 3 is 0.571 bits per heavy atom. The number of hydrogen-bond donors (Lipinski definition) is 0. The summed E-state index contributed by atoms with van der Waals surface area (Å²) in [5.74, 6) is 0. The number of rotatable bonds is 0. The van der Waals surface area contributed by atoms with Gasteiger partial charge in [-0.1, -0.05) is 0 Å². The third-order valence-corrected chi connectivity index (χ3v) is 0. The predicted molar refractivity (Wildman–Crippen MR) is 44.5 cm³/mol. The van der Waals surface area contributed by atoms with E-state index in [0.717, 1.165) is 0 Å². The van der Waals surface area contributed by atoms with Gasteiger partial charge in [0.25, 0.3) is 0 Å². The first-order valence-corrected chi connectivity index (χ1v) is 1.10. The average molecular weight is 329 g/mol. The molecule has 0 bridgehead atoms. The van der Waals surface area contributed by atoms with E-state index in [1.807, 2.05) is 0 Å². The van der Waals surface area contributed by atoms with Crippen LogP contribution in [0.2, 0.25) is 0 Å². The van der Waals surface area contributed by atoms with Crippen molar-refractivity contribution in [1.29, 1.82) is 0 Å². The van der Waals surface area contributed by atoms with Crippen molar-refractivity contribution in [1.82, 2.24) is 0 Å². The van der Waals surface area contributed by atoms with Gasteiger partial charge in [0, 0.05) is 25.8 Å². The van der Waals surface area contributed by atoms with E-state index in [-0.39, 0.29) is 53.2 Å². The van der Waals surface area contributed by atoms with Crippen LogP contribution in [0.4, 0.5) is 0 Å². The molecule has 0 heterocycles. The van der Waals surface area contributed by atoms with Crippen molar-refractivity contribution in [3.8, 4) is 0 Å². The second-order valence-corrected chi connectivity index (χ2v) is 0.447. The summed E-state index contributed by atoms with van der Waals surface area (Å²) in [7, 11) is 0. The molecule has 13 nitrogen and oxygen atoms in total. The fraction of sp³-hybridized carbons (Fsp3) is 0. The summed E-state index contributed by atoms with van der Waals surface area (Å²) in [6.07, 6.45) is 0. The minimum atomic E-state index is -1.75. The molecular weight excluding hydrogens is 319 g/mol. The molecule has 3 radical (unpaired) electrons. The van der Waals surface area contributed by atoms with E-state index in [2.05, 4.69) is 0 Å². The Balaban J connectivity index is -0.00000000600. The molecule has 91 valence electrons. The molecule has 0 spiro atoms. The second kappa shape index (κ2) is 57.5. The first-order valence-electron chi connectivity index (χ1n) is 1.10. The van der Waals surface area contributed by atoms with Crippen LogP contribution in [0.5, 0.6) is 0 Å². The maximum absolute atomic E-state index is 8.25. The zero-order valence-corrected chi connectivity index (χ0v) is 9.72. The molecule has 0 aromatic heterocycles. The van der Waals surface area contributed by atoms with Crippen LogP contribution in [0.3, 0.4) is 0 Å². The molecule has 0 aliphatic rings. The smallest absolute Gasteiger partial charge is 0.0689 e. The average Bonchev–Trinajstić information content (AvgIpc) is 1.25. The first-order chi connectivity index (χ1) is 3.46. The largest absolute Gasteiger partial charge is 0.412 e. The summed E-state index contributed by atoms with van der Waals surface area (Å²) in [6, 6.07) is 0. The Morgan fingerprint density at radius 2 is 0.571 bits per heavy atom. The molecule has 0 atom stereocenters. The van der Waals surface area contributed by atoms with E-state index in [4.69, 9.17) is 30.6 Å². The quantitative estimate of drug-likeness (QED) is 0.309. The first kappa shape index (κ1) is 74.1. The molecule has 0 aromatic rings. The minimum Gasteiger partial charge on any atom is -0.412 e. The van der Waals surface area contributed by atoms with Crippen molar-refractivity contribution >= 4 is 25.8 Å². The van der Waals surface area contributed by atoms with Gasteiger partial charge in [0.05, 0.1) is 10.2 Å². The number of nitrogens with zero attached hydrogens (tertiary/aromatic N) is 2. The molecule has 0 amide bonds. The van der Waals surface area contributed by atoms with Gasteiger partial charge in [-0.05, 0) is 0 Å². The molecular formula is H10InN2O11-2. The zero-order chi connectivity index (χ0) is 7.15. The van der Waals surface area contributed by atoms with E-state index >= 15 is 0 Å². The van der Waals surface area contributed by atoms with Gasteiger partial charge in [0.15, 0.2) is 0 Å². The van der Waals surface area contributed by atoms with Crippen LogP contribution in [-0.4, -0.2) is 63.4 Å². The molecule has 0 aromatic carbocycles. The van der Waals surface area contributed by atoms with Crippen LogP contribution in [0.15, 0.2) is 0 Å². The van der Waals surface area contributed by atoms with Crippen LogP contribution >= 0.6 is 0 Å². The maximum atomic E-state index is 8.25. The Kier molecular flexibility index (Phi) is 304. The van der Waals surface area contributed by atoms with Crippen molar-refractivity contribution in [3.63, 3.8) is 0 Å². The summed E-state index contributed by atoms with van der Waals surface area (Å²) in [4.78, 5) is 16.5. The van der Waals surface area contributed by atoms with Crippen LogP contribution in [0.25, 0.3) is 0 Å². The molecule has 10 N–H and O–H groups in total. The van der Waals surface area contributed by atoms with Gasteiger partial charge < -0.3 is 58.0 Å².